The minimum Gasteiger partial charge on any atom is -0.356 e. The standard InChI is InChI=1S/C14H23N3O3S2.ClH/c1-11(18)16-8-7-13-5-6-14(21-13)22(19,20)17-9-3-4-12(17)10-15-2;/h5-6,12,15H,3-4,7-10H2,1-2H3,(H,16,18);1H. The summed E-state index contributed by atoms with van der Waals surface area (Å²) in [6.07, 6.45) is 2.47. The maximum atomic E-state index is 12.8. The van der Waals surface area contributed by atoms with Crippen molar-refractivity contribution in [2.24, 2.45) is 0 Å². The van der Waals surface area contributed by atoms with Crippen LogP contribution in [-0.2, 0) is 21.2 Å². The minimum absolute atomic E-state index is 0. The second-order valence-corrected chi connectivity index (χ2v) is 8.71. The Morgan fingerprint density at radius 2 is 2.17 bits per heavy atom. The van der Waals surface area contributed by atoms with Crippen molar-refractivity contribution in [3.8, 4) is 0 Å². The molecular formula is C14H24ClN3O3S2. The molecule has 1 fully saturated rings. The second kappa shape index (κ2) is 8.98. The first kappa shape index (κ1) is 20.4. The average molecular weight is 382 g/mol. The number of rotatable bonds is 7. The zero-order chi connectivity index (χ0) is 16.2. The molecule has 1 aromatic rings. The van der Waals surface area contributed by atoms with Gasteiger partial charge in [0.2, 0.25) is 5.91 Å². The first-order valence-corrected chi connectivity index (χ1v) is 9.70. The smallest absolute Gasteiger partial charge is 0.252 e. The van der Waals surface area contributed by atoms with Gasteiger partial charge >= 0.3 is 0 Å². The van der Waals surface area contributed by atoms with Crippen LogP contribution in [0.25, 0.3) is 0 Å². The molecule has 0 bridgehead atoms. The highest BCUT2D eigenvalue weighted by molar-refractivity contribution is 7.91. The molecule has 2 rings (SSSR count). The molecule has 1 amide bonds. The number of carbonyl (C=O) groups is 1. The van der Waals surface area contributed by atoms with Gasteiger partial charge in [-0.3, -0.25) is 4.79 Å². The van der Waals surface area contributed by atoms with Crippen LogP contribution in [0.3, 0.4) is 0 Å². The Balaban J connectivity index is 0.00000264. The molecule has 6 nitrogen and oxygen atoms in total. The molecule has 2 heterocycles. The summed E-state index contributed by atoms with van der Waals surface area (Å²) in [6, 6.07) is 3.56. The van der Waals surface area contributed by atoms with Crippen molar-refractivity contribution in [3.63, 3.8) is 0 Å². The summed E-state index contributed by atoms with van der Waals surface area (Å²) in [6.45, 7) is 3.27. The number of halogens is 1. The van der Waals surface area contributed by atoms with Gasteiger partial charge in [-0.2, -0.15) is 4.31 Å². The van der Waals surface area contributed by atoms with Gasteiger partial charge in [-0.1, -0.05) is 0 Å². The predicted molar refractivity (Wildman–Crippen MR) is 94.8 cm³/mol. The Bertz CT molecular complexity index is 619. The van der Waals surface area contributed by atoms with Crippen molar-refractivity contribution in [2.45, 2.75) is 36.4 Å². The lowest BCUT2D eigenvalue weighted by Crippen LogP contribution is -2.40. The number of sulfonamides is 1. The van der Waals surface area contributed by atoms with E-state index in [1.54, 1.807) is 10.4 Å². The topological polar surface area (TPSA) is 78.5 Å². The fourth-order valence-corrected chi connectivity index (χ4v) is 5.85. The number of hydrogen-bond acceptors (Lipinski definition) is 5. The van der Waals surface area contributed by atoms with Crippen LogP contribution in [0.5, 0.6) is 0 Å². The molecule has 1 aliphatic rings. The number of nitrogens with one attached hydrogen (secondary N) is 2. The summed E-state index contributed by atoms with van der Waals surface area (Å²) in [5, 5.41) is 5.78. The molecule has 0 radical (unpaired) electrons. The summed E-state index contributed by atoms with van der Waals surface area (Å²) >= 11 is 1.30. The monoisotopic (exact) mass is 381 g/mol. The molecule has 1 atom stereocenters. The molecule has 0 saturated carbocycles. The molecule has 1 aliphatic heterocycles. The van der Waals surface area contributed by atoms with Gasteiger partial charge in [0, 0.05) is 37.5 Å². The van der Waals surface area contributed by atoms with Crippen LogP contribution in [0.4, 0.5) is 0 Å². The third-order valence-corrected chi connectivity index (χ3v) is 7.27. The number of carbonyl (C=O) groups excluding carboxylic acids is 1. The lowest BCUT2D eigenvalue weighted by Gasteiger charge is -2.23. The van der Waals surface area contributed by atoms with Crippen LogP contribution >= 0.6 is 23.7 Å². The van der Waals surface area contributed by atoms with Crippen molar-refractivity contribution in [2.75, 3.05) is 26.7 Å². The molecule has 132 valence electrons. The van der Waals surface area contributed by atoms with Crippen molar-refractivity contribution in [1.82, 2.24) is 14.9 Å². The van der Waals surface area contributed by atoms with Gasteiger partial charge in [0.1, 0.15) is 4.21 Å². The lowest BCUT2D eigenvalue weighted by atomic mass is 10.2. The number of thiophene rings is 1. The minimum atomic E-state index is -3.41. The van der Waals surface area contributed by atoms with Crippen LogP contribution in [0.2, 0.25) is 0 Å². The Kier molecular flexibility index (Phi) is 7.96. The second-order valence-electron chi connectivity index (χ2n) is 5.42. The van der Waals surface area contributed by atoms with Gasteiger partial charge in [-0.25, -0.2) is 8.42 Å². The molecule has 0 aliphatic carbocycles. The van der Waals surface area contributed by atoms with Crippen molar-refractivity contribution in [1.29, 1.82) is 0 Å². The molecular weight excluding hydrogens is 358 g/mol. The maximum absolute atomic E-state index is 12.8. The molecule has 1 aromatic heterocycles. The molecule has 2 N–H and O–H groups in total. The largest absolute Gasteiger partial charge is 0.356 e. The van der Waals surface area contributed by atoms with E-state index in [4.69, 9.17) is 0 Å². The number of hydrogen-bond donors (Lipinski definition) is 2. The van der Waals surface area contributed by atoms with E-state index in [1.807, 2.05) is 13.1 Å². The number of nitrogens with zero attached hydrogens (tertiary/aromatic N) is 1. The van der Waals surface area contributed by atoms with Gasteiger partial charge in [0.05, 0.1) is 0 Å². The van der Waals surface area contributed by atoms with Crippen LogP contribution in [0.1, 0.15) is 24.6 Å². The van der Waals surface area contributed by atoms with Gasteiger partial charge in [-0.05, 0) is 38.4 Å². The third kappa shape index (κ3) is 5.15. The van der Waals surface area contributed by atoms with E-state index in [9.17, 15) is 13.2 Å². The molecule has 0 spiro atoms. The summed E-state index contributed by atoms with van der Waals surface area (Å²) in [4.78, 5) is 11.8. The molecule has 9 heteroatoms. The maximum Gasteiger partial charge on any atom is 0.252 e. The number of amides is 1. The SMILES string of the molecule is CNCC1CCCN1S(=O)(=O)c1ccc(CCNC(C)=O)s1.Cl. The highest BCUT2D eigenvalue weighted by atomic mass is 35.5. The van der Waals surface area contributed by atoms with E-state index < -0.39 is 10.0 Å². The Morgan fingerprint density at radius 3 is 2.83 bits per heavy atom. The van der Waals surface area contributed by atoms with Gasteiger partial charge < -0.3 is 10.6 Å². The Hall–Kier alpha value is -0.670. The van der Waals surface area contributed by atoms with Gasteiger partial charge in [0.15, 0.2) is 0 Å². The van der Waals surface area contributed by atoms with E-state index in [0.717, 1.165) is 17.7 Å². The molecule has 23 heavy (non-hydrogen) atoms. The summed E-state index contributed by atoms with van der Waals surface area (Å²) in [7, 11) is -1.56. The van der Waals surface area contributed by atoms with E-state index in [-0.39, 0.29) is 24.4 Å². The Labute approximate surface area is 148 Å². The predicted octanol–water partition coefficient (Wildman–Crippen LogP) is 1.22. The molecule has 0 aromatic carbocycles. The van der Waals surface area contributed by atoms with Gasteiger partial charge in [0.25, 0.3) is 10.0 Å². The first-order valence-electron chi connectivity index (χ1n) is 7.44. The highest BCUT2D eigenvalue weighted by Gasteiger charge is 2.35. The van der Waals surface area contributed by atoms with E-state index in [1.165, 1.54) is 18.3 Å². The fraction of sp³-hybridized carbons (Fsp3) is 0.643. The lowest BCUT2D eigenvalue weighted by molar-refractivity contribution is -0.118. The van der Waals surface area contributed by atoms with Crippen LogP contribution in [-0.4, -0.2) is 51.4 Å². The fourth-order valence-electron chi connectivity index (χ4n) is 2.67. The highest BCUT2D eigenvalue weighted by Crippen LogP contribution is 2.30. The molecule has 1 saturated heterocycles. The zero-order valence-corrected chi connectivity index (χ0v) is 15.8. The van der Waals surface area contributed by atoms with Crippen molar-refractivity contribution in [3.05, 3.63) is 17.0 Å². The van der Waals surface area contributed by atoms with Crippen LogP contribution < -0.4 is 10.6 Å². The summed E-state index contributed by atoms with van der Waals surface area (Å²) in [5.41, 5.74) is 0. The quantitative estimate of drug-likeness (QED) is 0.744. The molecule has 1 unspecified atom stereocenters. The van der Waals surface area contributed by atoms with Crippen LogP contribution in [0.15, 0.2) is 16.3 Å². The van der Waals surface area contributed by atoms with E-state index in [0.29, 0.717) is 30.3 Å². The van der Waals surface area contributed by atoms with E-state index in [2.05, 4.69) is 10.6 Å². The first-order chi connectivity index (χ1) is 10.4. The van der Waals surface area contributed by atoms with Crippen LogP contribution in [0, 0.1) is 0 Å². The van der Waals surface area contributed by atoms with E-state index >= 15 is 0 Å². The normalized spacial score (nSPS) is 18.6. The summed E-state index contributed by atoms with van der Waals surface area (Å²) < 4.78 is 27.5. The zero-order valence-electron chi connectivity index (χ0n) is 13.4. The third-order valence-electron chi connectivity index (χ3n) is 3.71. The summed E-state index contributed by atoms with van der Waals surface area (Å²) in [5.74, 6) is -0.0728. The van der Waals surface area contributed by atoms with Crippen molar-refractivity contribution >= 4 is 39.7 Å². The number of likely N-dealkylation sites (N-methyl/N-ethyl adjacent to an activating group) is 1. The Morgan fingerprint density at radius 1 is 1.43 bits per heavy atom. The van der Waals surface area contributed by atoms with Gasteiger partial charge in [-0.15, -0.1) is 23.7 Å². The van der Waals surface area contributed by atoms with Crippen molar-refractivity contribution < 1.29 is 13.2 Å². The average Bonchev–Trinajstić information content (AvgIpc) is 3.08.